The Morgan fingerprint density at radius 1 is 1.31 bits per heavy atom. The van der Waals surface area contributed by atoms with Crippen LogP contribution in [-0.4, -0.2) is 54.3 Å². The first-order valence-electron chi connectivity index (χ1n) is 9.47. The maximum Gasteiger partial charge on any atom is 0.225 e. The quantitative estimate of drug-likeness (QED) is 0.868. The zero-order valence-electron chi connectivity index (χ0n) is 14.9. The molecule has 7 nitrogen and oxygen atoms in total. The molecule has 0 aromatic carbocycles. The number of hydrogen-bond acceptors (Lipinski definition) is 6. The minimum atomic E-state index is -0.805. The van der Waals surface area contributed by atoms with Gasteiger partial charge in [0.2, 0.25) is 11.7 Å². The number of aliphatic hydroxyl groups is 1. The van der Waals surface area contributed by atoms with E-state index in [0.717, 1.165) is 56.4 Å². The van der Waals surface area contributed by atoms with Gasteiger partial charge in [-0.1, -0.05) is 25.3 Å². The summed E-state index contributed by atoms with van der Waals surface area (Å²) in [4.78, 5) is 17.3. The minimum absolute atomic E-state index is 0.0653. The van der Waals surface area contributed by atoms with Crippen LogP contribution >= 0.6 is 11.3 Å². The second kappa shape index (κ2) is 7.44. The summed E-state index contributed by atoms with van der Waals surface area (Å²) in [6.45, 7) is 1.31. The molecule has 140 valence electrons. The Balaban J connectivity index is 1.39. The lowest BCUT2D eigenvalue weighted by atomic mass is 9.82. The van der Waals surface area contributed by atoms with Gasteiger partial charge in [0.05, 0.1) is 29.5 Å². The summed E-state index contributed by atoms with van der Waals surface area (Å²) in [7, 11) is 0. The highest BCUT2D eigenvalue weighted by atomic mass is 32.1. The molecule has 3 heterocycles. The number of thiophene rings is 1. The van der Waals surface area contributed by atoms with Crippen molar-refractivity contribution in [3.05, 3.63) is 17.5 Å². The lowest BCUT2D eigenvalue weighted by Crippen LogP contribution is -2.44. The highest BCUT2D eigenvalue weighted by Crippen LogP contribution is 2.32. The van der Waals surface area contributed by atoms with Gasteiger partial charge in [0.25, 0.3) is 0 Å². The molecule has 0 bridgehead atoms. The third-order valence-electron chi connectivity index (χ3n) is 5.53. The van der Waals surface area contributed by atoms with Crippen molar-refractivity contribution in [2.24, 2.45) is 0 Å². The molecule has 1 atom stereocenters. The molecule has 1 N–H and O–H groups in total. The van der Waals surface area contributed by atoms with Crippen LogP contribution in [0, 0.1) is 0 Å². The van der Waals surface area contributed by atoms with Gasteiger partial charge in [-0.3, -0.25) is 4.79 Å². The van der Waals surface area contributed by atoms with Crippen molar-refractivity contribution in [3.8, 4) is 10.7 Å². The lowest BCUT2D eigenvalue weighted by Gasteiger charge is -2.34. The summed E-state index contributed by atoms with van der Waals surface area (Å²) in [6.07, 6.45) is 6.85. The molecule has 1 saturated carbocycles. The number of hydrogen-bond donors (Lipinski definition) is 1. The second-order valence-electron chi connectivity index (χ2n) is 7.49. The standard InChI is InChI=1S/C18H25N5O2S/c24-16(12-18(25)8-2-1-3-9-18)22-10-4-6-14(22)13-23-20-17(19-21-23)15-7-5-11-26-15/h5,7,11,14,25H,1-4,6,8-10,12-13H2/t14-/m0/s1. The topological polar surface area (TPSA) is 84.1 Å². The molecule has 26 heavy (non-hydrogen) atoms. The van der Waals surface area contributed by atoms with Gasteiger partial charge in [0, 0.05) is 6.54 Å². The smallest absolute Gasteiger partial charge is 0.225 e. The molecule has 2 fully saturated rings. The van der Waals surface area contributed by atoms with Crippen LogP contribution in [0.15, 0.2) is 17.5 Å². The van der Waals surface area contributed by atoms with Gasteiger partial charge >= 0.3 is 0 Å². The number of aromatic nitrogens is 4. The number of tetrazole rings is 1. The number of amides is 1. The largest absolute Gasteiger partial charge is 0.389 e. The van der Waals surface area contributed by atoms with Crippen molar-refractivity contribution in [2.45, 2.75) is 69.6 Å². The van der Waals surface area contributed by atoms with Crippen molar-refractivity contribution in [2.75, 3.05) is 6.54 Å². The predicted octanol–water partition coefficient (Wildman–Crippen LogP) is 2.48. The molecule has 0 spiro atoms. The first-order valence-corrected chi connectivity index (χ1v) is 10.3. The average molecular weight is 375 g/mol. The lowest BCUT2D eigenvalue weighted by molar-refractivity contribution is -0.138. The highest BCUT2D eigenvalue weighted by molar-refractivity contribution is 7.13. The Bertz CT molecular complexity index is 739. The summed E-state index contributed by atoms with van der Waals surface area (Å²) < 4.78 is 0. The van der Waals surface area contributed by atoms with Crippen LogP contribution in [0.5, 0.6) is 0 Å². The van der Waals surface area contributed by atoms with E-state index in [9.17, 15) is 9.90 Å². The van der Waals surface area contributed by atoms with Crippen molar-refractivity contribution in [3.63, 3.8) is 0 Å². The van der Waals surface area contributed by atoms with E-state index in [0.29, 0.717) is 12.4 Å². The van der Waals surface area contributed by atoms with E-state index in [-0.39, 0.29) is 18.4 Å². The normalized spacial score (nSPS) is 22.7. The molecule has 1 saturated heterocycles. The fourth-order valence-electron chi connectivity index (χ4n) is 4.14. The van der Waals surface area contributed by atoms with E-state index >= 15 is 0 Å². The molecule has 4 rings (SSSR count). The van der Waals surface area contributed by atoms with E-state index in [1.54, 1.807) is 16.1 Å². The van der Waals surface area contributed by atoms with Crippen LogP contribution < -0.4 is 0 Å². The van der Waals surface area contributed by atoms with E-state index in [1.807, 2.05) is 22.4 Å². The molecular formula is C18H25N5O2S. The third-order valence-corrected chi connectivity index (χ3v) is 6.40. The predicted molar refractivity (Wildman–Crippen MR) is 98.5 cm³/mol. The Labute approximate surface area is 157 Å². The van der Waals surface area contributed by atoms with Gasteiger partial charge in [-0.15, -0.1) is 21.5 Å². The molecular weight excluding hydrogens is 350 g/mol. The van der Waals surface area contributed by atoms with Gasteiger partial charge in [0.15, 0.2) is 0 Å². The molecule has 2 aliphatic rings. The van der Waals surface area contributed by atoms with Crippen LogP contribution in [0.3, 0.4) is 0 Å². The Morgan fingerprint density at radius 2 is 2.15 bits per heavy atom. The maximum absolute atomic E-state index is 12.8. The number of rotatable bonds is 5. The minimum Gasteiger partial charge on any atom is -0.389 e. The fourth-order valence-corrected chi connectivity index (χ4v) is 4.79. The van der Waals surface area contributed by atoms with Crippen LogP contribution in [0.2, 0.25) is 0 Å². The van der Waals surface area contributed by atoms with E-state index < -0.39 is 5.60 Å². The van der Waals surface area contributed by atoms with Crippen LogP contribution in [0.4, 0.5) is 0 Å². The summed E-state index contributed by atoms with van der Waals surface area (Å²) >= 11 is 1.59. The van der Waals surface area contributed by atoms with Crippen LogP contribution in [-0.2, 0) is 11.3 Å². The van der Waals surface area contributed by atoms with Gasteiger partial charge < -0.3 is 10.0 Å². The SMILES string of the molecule is O=C(CC1(O)CCCCC1)N1CCC[C@H]1Cn1nnc(-c2cccs2)n1. The number of carbonyl (C=O) groups is 1. The van der Waals surface area contributed by atoms with Crippen molar-refractivity contribution >= 4 is 17.2 Å². The fraction of sp³-hybridized carbons (Fsp3) is 0.667. The highest BCUT2D eigenvalue weighted by Gasteiger charge is 2.37. The third kappa shape index (κ3) is 3.81. The number of carbonyl (C=O) groups excluding carboxylic acids is 1. The van der Waals surface area contributed by atoms with E-state index in [2.05, 4.69) is 15.4 Å². The first kappa shape index (κ1) is 17.6. The number of nitrogens with zero attached hydrogens (tertiary/aromatic N) is 5. The first-order chi connectivity index (χ1) is 12.6. The monoisotopic (exact) mass is 375 g/mol. The van der Waals surface area contributed by atoms with Crippen LogP contribution in [0.1, 0.15) is 51.4 Å². The molecule has 1 aliphatic heterocycles. The van der Waals surface area contributed by atoms with E-state index in [4.69, 9.17) is 0 Å². The molecule has 2 aromatic heterocycles. The molecule has 1 amide bonds. The van der Waals surface area contributed by atoms with Crippen molar-refractivity contribution in [1.29, 1.82) is 0 Å². The molecule has 0 unspecified atom stereocenters. The zero-order valence-corrected chi connectivity index (χ0v) is 15.7. The average Bonchev–Trinajstić information content (AvgIpc) is 3.37. The van der Waals surface area contributed by atoms with E-state index in [1.165, 1.54) is 0 Å². The van der Waals surface area contributed by atoms with Gasteiger partial charge in [0.1, 0.15) is 0 Å². The van der Waals surface area contributed by atoms with Gasteiger partial charge in [-0.2, -0.15) is 4.80 Å². The summed E-state index contributed by atoms with van der Waals surface area (Å²) in [5.41, 5.74) is -0.805. The Kier molecular flexibility index (Phi) is 5.04. The Hall–Kier alpha value is -1.80. The molecule has 2 aromatic rings. The number of likely N-dealkylation sites (tertiary alicyclic amines) is 1. The summed E-state index contributed by atoms with van der Waals surface area (Å²) in [5.74, 6) is 0.697. The summed E-state index contributed by atoms with van der Waals surface area (Å²) in [6, 6.07) is 4.02. The van der Waals surface area contributed by atoms with Gasteiger partial charge in [-0.05, 0) is 42.3 Å². The zero-order chi connectivity index (χ0) is 18.0. The molecule has 0 radical (unpaired) electrons. The summed E-state index contributed by atoms with van der Waals surface area (Å²) in [5, 5.41) is 25.4. The Morgan fingerprint density at radius 3 is 2.92 bits per heavy atom. The van der Waals surface area contributed by atoms with Crippen LogP contribution in [0.25, 0.3) is 10.7 Å². The van der Waals surface area contributed by atoms with Gasteiger partial charge in [-0.25, -0.2) is 0 Å². The van der Waals surface area contributed by atoms with Crippen molar-refractivity contribution in [1.82, 2.24) is 25.1 Å². The second-order valence-corrected chi connectivity index (χ2v) is 8.44. The van der Waals surface area contributed by atoms with Crippen molar-refractivity contribution < 1.29 is 9.90 Å². The maximum atomic E-state index is 12.8. The molecule has 1 aliphatic carbocycles. The molecule has 8 heteroatoms.